The molecule has 130 valence electrons. The summed E-state index contributed by atoms with van der Waals surface area (Å²) in [4.78, 5) is 15.6. The summed E-state index contributed by atoms with van der Waals surface area (Å²) in [6.07, 6.45) is 3.55. The standard InChI is InChI=1S/C15H29N3O3.HI/c1-15(2,3)21-13(19)10-18-14(16-4)17-8-5-9-20-11-12-6-7-12;/h12H,5-11H2,1-4H3,(H2,16,17,18);1H. The van der Waals surface area contributed by atoms with Crippen molar-refractivity contribution in [3.8, 4) is 0 Å². The first-order valence-electron chi connectivity index (χ1n) is 7.65. The lowest BCUT2D eigenvalue weighted by atomic mass is 10.2. The highest BCUT2D eigenvalue weighted by Crippen LogP contribution is 2.28. The zero-order chi connectivity index (χ0) is 15.7. The summed E-state index contributed by atoms with van der Waals surface area (Å²) in [5, 5.41) is 6.08. The maximum atomic E-state index is 11.6. The number of guanidine groups is 1. The van der Waals surface area contributed by atoms with E-state index < -0.39 is 5.60 Å². The first-order valence-corrected chi connectivity index (χ1v) is 7.65. The Morgan fingerprint density at radius 1 is 1.27 bits per heavy atom. The molecule has 7 heteroatoms. The van der Waals surface area contributed by atoms with Crippen LogP contribution in [-0.2, 0) is 14.3 Å². The van der Waals surface area contributed by atoms with Crippen LogP contribution in [0.15, 0.2) is 4.99 Å². The molecule has 1 rings (SSSR count). The van der Waals surface area contributed by atoms with Crippen LogP contribution in [-0.4, -0.2) is 50.9 Å². The van der Waals surface area contributed by atoms with Gasteiger partial charge < -0.3 is 20.1 Å². The third-order valence-corrected chi connectivity index (χ3v) is 2.85. The van der Waals surface area contributed by atoms with E-state index in [0.717, 1.165) is 32.1 Å². The first-order chi connectivity index (χ1) is 9.90. The zero-order valence-electron chi connectivity index (χ0n) is 14.1. The van der Waals surface area contributed by atoms with E-state index in [2.05, 4.69) is 15.6 Å². The van der Waals surface area contributed by atoms with Crippen LogP contribution in [0, 0.1) is 5.92 Å². The SMILES string of the molecule is CN=C(NCCCOCC1CC1)NCC(=O)OC(C)(C)C.I. The highest BCUT2D eigenvalue weighted by atomic mass is 127. The Labute approximate surface area is 150 Å². The monoisotopic (exact) mass is 427 g/mol. The summed E-state index contributed by atoms with van der Waals surface area (Å²) < 4.78 is 10.8. The second kappa shape index (κ2) is 11.0. The lowest BCUT2D eigenvalue weighted by Gasteiger charge is -2.20. The number of rotatable bonds is 8. The van der Waals surface area contributed by atoms with Crippen molar-refractivity contribution in [2.45, 2.75) is 45.6 Å². The predicted octanol–water partition coefficient (Wildman–Crippen LogP) is 1.93. The van der Waals surface area contributed by atoms with Crippen LogP contribution in [0.2, 0.25) is 0 Å². The van der Waals surface area contributed by atoms with E-state index in [1.807, 2.05) is 20.8 Å². The average molecular weight is 427 g/mol. The molecule has 1 aliphatic carbocycles. The minimum absolute atomic E-state index is 0. The van der Waals surface area contributed by atoms with Crippen LogP contribution < -0.4 is 10.6 Å². The summed E-state index contributed by atoms with van der Waals surface area (Å²) in [5.41, 5.74) is -0.464. The number of aliphatic imine (C=N–C) groups is 1. The summed E-state index contributed by atoms with van der Waals surface area (Å²) in [5.74, 6) is 1.11. The number of carbonyl (C=O) groups excluding carboxylic acids is 1. The molecule has 0 spiro atoms. The molecule has 0 unspecified atom stereocenters. The highest BCUT2D eigenvalue weighted by Gasteiger charge is 2.20. The molecule has 0 aromatic rings. The molecule has 0 amide bonds. The molecule has 1 fully saturated rings. The van der Waals surface area contributed by atoms with Gasteiger partial charge in [-0.2, -0.15) is 0 Å². The van der Waals surface area contributed by atoms with E-state index in [9.17, 15) is 4.79 Å². The van der Waals surface area contributed by atoms with Gasteiger partial charge >= 0.3 is 5.97 Å². The molecule has 6 nitrogen and oxygen atoms in total. The molecule has 0 atom stereocenters. The van der Waals surface area contributed by atoms with Crippen LogP contribution in [0.1, 0.15) is 40.0 Å². The molecule has 0 aromatic heterocycles. The van der Waals surface area contributed by atoms with Gasteiger partial charge in [0, 0.05) is 26.8 Å². The summed E-state index contributed by atoms with van der Waals surface area (Å²) in [7, 11) is 1.67. The van der Waals surface area contributed by atoms with Crippen molar-refractivity contribution in [1.29, 1.82) is 0 Å². The molecule has 1 aliphatic rings. The fourth-order valence-electron chi connectivity index (χ4n) is 1.67. The average Bonchev–Trinajstić information content (AvgIpc) is 3.19. The molecule has 0 radical (unpaired) electrons. The molecule has 0 aromatic carbocycles. The minimum Gasteiger partial charge on any atom is -0.459 e. The van der Waals surface area contributed by atoms with Crippen molar-refractivity contribution in [2.24, 2.45) is 10.9 Å². The van der Waals surface area contributed by atoms with Crippen LogP contribution in [0.5, 0.6) is 0 Å². The third kappa shape index (κ3) is 12.0. The Morgan fingerprint density at radius 2 is 1.95 bits per heavy atom. The Balaban J connectivity index is 0.00000441. The highest BCUT2D eigenvalue weighted by molar-refractivity contribution is 14.0. The lowest BCUT2D eigenvalue weighted by Crippen LogP contribution is -2.42. The molecule has 0 saturated heterocycles. The molecular weight excluding hydrogens is 397 g/mol. The largest absolute Gasteiger partial charge is 0.459 e. The maximum absolute atomic E-state index is 11.6. The molecule has 0 bridgehead atoms. The molecule has 0 heterocycles. The van der Waals surface area contributed by atoms with Gasteiger partial charge in [0.25, 0.3) is 0 Å². The topological polar surface area (TPSA) is 72.0 Å². The van der Waals surface area contributed by atoms with Crippen molar-refractivity contribution in [3.05, 3.63) is 0 Å². The molecule has 1 saturated carbocycles. The zero-order valence-corrected chi connectivity index (χ0v) is 16.4. The van der Waals surface area contributed by atoms with E-state index in [1.165, 1.54) is 12.8 Å². The number of nitrogens with one attached hydrogen (secondary N) is 2. The lowest BCUT2D eigenvalue weighted by molar-refractivity contribution is -0.153. The van der Waals surface area contributed by atoms with Gasteiger partial charge in [-0.15, -0.1) is 24.0 Å². The van der Waals surface area contributed by atoms with Gasteiger partial charge in [-0.3, -0.25) is 9.79 Å². The number of hydrogen-bond donors (Lipinski definition) is 2. The van der Waals surface area contributed by atoms with E-state index in [1.54, 1.807) is 7.05 Å². The van der Waals surface area contributed by atoms with E-state index in [0.29, 0.717) is 5.96 Å². The van der Waals surface area contributed by atoms with Crippen LogP contribution >= 0.6 is 24.0 Å². The van der Waals surface area contributed by atoms with E-state index >= 15 is 0 Å². The quantitative estimate of drug-likeness (QED) is 0.204. The molecule has 2 N–H and O–H groups in total. The Bertz CT molecular complexity index is 352. The number of carbonyl (C=O) groups is 1. The second-order valence-electron chi connectivity index (χ2n) is 6.31. The second-order valence-corrected chi connectivity index (χ2v) is 6.31. The predicted molar refractivity (Wildman–Crippen MR) is 98.8 cm³/mol. The van der Waals surface area contributed by atoms with Crippen molar-refractivity contribution < 1.29 is 14.3 Å². The van der Waals surface area contributed by atoms with E-state index in [-0.39, 0.29) is 36.5 Å². The Kier molecular flexibility index (Phi) is 10.8. The summed E-state index contributed by atoms with van der Waals surface area (Å²) in [6.45, 7) is 8.06. The summed E-state index contributed by atoms with van der Waals surface area (Å²) in [6, 6.07) is 0. The van der Waals surface area contributed by atoms with Crippen molar-refractivity contribution in [1.82, 2.24) is 10.6 Å². The first kappa shape index (κ1) is 21.4. The minimum atomic E-state index is -0.464. The third-order valence-electron chi connectivity index (χ3n) is 2.85. The fourth-order valence-corrected chi connectivity index (χ4v) is 1.67. The maximum Gasteiger partial charge on any atom is 0.325 e. The van der Waals surface area contributed by atoms with Gasteiger partial charge in [0.15, 0.2) is 5.96 Å². The molecular formula is C15H30IN3O3. The van der Waals surface area contributed by atoms with Gasteiger partial charge in [0.1, 0.15) is 12.1 Å². The smallest absolute Gasteiger partial charge is 0.325 e. The van der Waals surface area contributed by atoms with Crippen molar-refractivity contribution in [3.63, 3.8) is 0 Å². The van der Waals surface area contributed by atoms with Crippen molar-refractivity contribution in [2.75, 3.05) is 33.4 Å². The Morgan fingerprint density at radius 3 is 2.50 bits per heavy atom. The number of esters is 1. The molecule has 0 aliphatic heterocycles. The number of nitrogens with zero attached hydrogens (tertiary/aromatic N) is 1. The van der Waals surface area contributed by atoms with Gasteiger partial charge in [-0.1, -0.05) is 0 Å². The molecule has 22 heavy (non-hydrogen) atoms. The normalized spacial score (nSPS) is 15.0. The van der Waals surface area contributed by atoms with Crippen LogP contribution in [0.25, 0.3) is 0 Å². The van der Waals surface area contributed by atoms with Crippen molar-refractivity contribution >= 4 is 35.9 Å². The number of halogens is 1. The van der Waals surface area contributed by atoms with Gasteiger partial charge in [0.2, 0.25) is 0 Å². The summed E-state index contributed by atoms with van der Waals surface area (Å²) >= 11 is 0. The van der Waals surface area contributed by atoms with Gasteiger partial charge in [-0.25, -0.2) is 0 Å². The van der Waals surface area contributed by atoms with Gasteiger partial charge in [-0.05, 0) is 46.0 Å². The van der Waals surface area contributed by atoms with Crippen LogP contribution in [0.4, 0.5) is 0 Å². The van der Waals surface area contributed by atoms with Gasteiger partial charge in [0.05, 0.1) is 0 Å². The number of hydrogen-bond acceptors (Lipinski definition) is 4. The fraction of sp³-hybridized carbons (Fsp3) is 0.867. The number of ether oxygens (including phenoxy) is 2. The van der Waals surface area contributed by atoms with E-state index in [4.69, 9.17) is 9.47 Å². The van der Waals surface area contributed by atoms with Crippen LogP contribution in [0.3, 0.4) is 0 Å². The Hall–Kier alpha value is -0.570.